The van der Waals surface area contributed by atoms with Crippen LogP contribution in [0.3, 0.4) is 0 Å². The summed E-state index contributed by atoms with van der Waals surface area (Å²) < 4.78 is 19.8. The van der Waals surface area contributed by atoms with Crippen molar-refractivity contribution in [3.05, 3.63) is 66.1 Å². The van der Waals surface area contributed by atoms with Gasteiger partial charge in [-0.2, -0.15) is 0 Å². The van der Waals surface area contributed by atoms with Crippen LogP contribution in [0.5, 0.6) is 5.75 Å². The number of nitrogens with zero attached hydrogens (tertiary/aromatic N) is 2. The van der Waals surface area contributed by atoms with E-state index >= 15 is 0 Å². The summed E-state index contributed by atoms with van der Waals surface area (Å²) in [7, 11) is 1.55. The zero-order valence-electron chi connectivity index (χ0n) is 13.5. The first kappa shape index (κ1) is 15.9. The highest BCUT2D eigenvalue weighted by atomic mass is 19.1. The number of hydrogen-bond donors (Lipinski definition) is 0. The van der Waals surface area contributed by atoms with Crippen molar-refractivity contribution in [2.24, 2.45) is 0 Å². The third-order valence-electron chi connectivity index (χ3n) is 3.76. The molecule has 0 saturated heterocycles. The summed E-state index contributed by atoms with van der Waals surface area (Å²) in [5.41, 5.74) is 1.46. The molecule has 2 aromatic carbocycles. The van der Waals surface area contributed by atoms with Crippen molar-refractivity contribution >= 4 is 22.5 Å². The zero-order chi connectivity index (χ0) is 17.1. The number of hydrogen-bond acceptors (Lipinski definition) is 3. The van der Waals surface area contributed by atoms with Crippen LogP contribution in [0.15, 0.2) is 54.7 Å². The number of anilines is 1. The fourth-order valence-corrected chi connectivity index (χ4v) is 2.54. The van der Waals surface area contributed by atoms with Crippen molar-refractivity contribution in [2.45, 2.75) is 6.92 Å². The Morgan fingerprint density at radius 3 is 2.83 bits per heavy atom. The van der Waals surface area contributed by atoms with E-state index in [1.807, 2.05) is 12.1 Å². The van der Waals surface area contributed by atoms with Gasteiger partial charge >= 0.3 is 0 Å². The number of carbonyl (C=O) groups is 1. The van der Waals surface area contributed by atoms with Crippen molar-refractivity contribution in [2.75, 3.05) is 18.6 Å². The Morgan fingerprint density at radius 2 is 2.04 bits per heavy atom. The average molecular weight is 324 g/mol. The number of ether oxygens (including phenoxy) is 1. The van der Waals surface area contributed by atoms with Crippen LogP contribution in [-0.4, -0.2) is 24.5 Å². The number of rotatable bonds is 4. The van der Waals surface area contributed by atoms with Crippen LogP contribution in [0.2, 0.25) is 0 Å². The predicted octanol–water partition coefficient (Wildman–Crippen LogP) is 4.05. The van der Waals surface area contributed by atoms with E-state index in [2.05, 4.69) is 4.98 Å². The lowest BCUT2D eigenvalue weighted by molar-refractivity contribution is 0.0992. The molecule has 0 aliphatic carbocycles. The largest absolute Gasteiger partial charge is 0.491 e. The number of halogens is 1. The SMILES string of the molecule is CCOc1cccc(N(C)C(=O)c2ccc3ncccc3c2)c1F. The first-order valence-electron chi connectivity index (χ1n) is 7.66. The number of aromatic nitrogens is 1. The molecule has 1 heterocycles. The molecule has 0 atom stereocenters. The third-order valence-corrected chi connectivity index (χ3v) is 3.76. The normalized spacial score (nSPS) is 10.6. The monoisotopic (exact) mass is 324 g/mol. The van der Waals surface area contributed by atoms with E-state index in [-0.39, 0.29) is 17.3 Å². The van der Waals surface area contributed by atoms with Crippen LogP contribution in [0, 0.1) is 5.82 Å². The minimum absolute atomic E-state index is 0.136. The highest BCUT2D eigenvalue weighted by Crippen LogP contribution is 2.28. The molecule has 0 aliphatic rings. The van der Waals surface area contributed by atoms with Gasteiger partial charge in [-0.3, -0.25) is 9.78 Å². The number of carbonyl (C=O) groups excluding carboxylic acids is 1. The number of pyridine rings is 1. The fraction of sp³-hybridized carbons (Fsp3) is 0.158. The molecular formula is C19H17FN2O2. The molecule has 122 valence electrons. The molecule has 0 aliphatic heterocycles. The molecule has 0 unspecified atom stereocenters. The second kappa shape index (κ2) is 6.66. The molecule has 0 N–H and O–H groups in total. The smallest absolute Gasteiger partial charge is 0.258 e. The van der Waals surface area contributed by atoms with Gasteiger partial charge in [0.2, 0.25) is 0 Å². The Balaban J connectivity index is 1.95. The van der Waals surface area contributed by atoms with Gasteiger partial charge in [0.05, 0.1) is 17.8 Å². The van der Waals surface area contributed by atoms with Crippen LogP contribution < -0.4 is 9.64 Å². The van der Waals surface area contributed by atoms with Crippen LogP contribution in [-0.2, 0) is 0 Å². The maximum absolute atomic E-state index is 14.5. The molecule has 1 amide bonds. The van der Waals surface area contributed by atoms with Crippen LogP contribution in [0.4, 0.5) is 10.1 Å². The predicted molar refractivity (Wildman–Crippen MR) is 92.0 cm³/mol. The maximum atomic E-state index is 14.5. The fourth-order valence-electron chi connectivity index (χ4n) is 2.54. The minimum atomic E-state index is -0.544. The average Bonchev–Trinajstić information content (AvgIpc) is 2.62. The summed E-state index contributed by atoms with van der Waals surface area (Å²) in [6.07, 6.45) is 1.70. The number of benzene rings is 2. The zero-order valence-corrected chi connectivity index (χ0v) is 13.5. The van der Waals surface area contributed by atoms with E-state index in [9.17, 15) is 9.18 Å². The molecule has 0 bridgehead atoms. The molecule has 0 spiro atoms. The van der Waals surface area contributed by atoms with Crippen LogP contribution in [0.25, 0.3) is 10.9 Å². The van der Waals surface area contributed by atoms with E-state index < -0.39 is 5.82 Å². The Labute approximate surface area is 139 Å². The number of fused-ring (bicyclic) bond motifs is 1. The van der Waals surface area contributed by atoms with Gasteiger partial charge < -0.3 is 9.64 Å². The lowest BCUT2D eigenvalue weighted by atomic mass is 10.1. The Kier molecular flexibility index (Phi) is 4.42. The third kappa shape index (κ3) is 2.93. The second-order valence-corrected chi connectivity index (χ2v) is 5.30. The summed E-state index contributed by atoms with van der Waals surface area (Å²) in [5.74, 6) is -0.705. The van der Waals surface area contributed by atoms with Crippen molar-refractivity contribution in [3.8, 4) is 5.75 Å². The molecule has 1 aromatic heterocycles. The maximum Gasteiger partial charge on any atom is 0.258 e. The Hall–Kier alpha value is -2.95. The molecule has 0 saturated carbocycles. The van der Waals surface area contributed by atoms with Gasteiger partial charge in [-0.15, -0.1) is 0 Å². The molecule has 4 nitrogen and oxygen atoms in total. The van der Waals surface area contributed by atoms with Crippen LogP contribution >= 0.6 is 0 Å². The molecule has 24 heavy (non-hydrogen) atoms. The van der Waals surface area contributed by atoms with Crippen molar-refractivity contribution in [3.63, 3.8) is 0 Å². The summed E-state index contributed by atoms with van der Waals surface area (Å²) in [5, 5.41) is 0.861. The quantitative estimate of drug-likeness (QED) is 0.727. The van der Waals surface area contributed by atoms with Gasteiger partial charge in [0.15, 0.2) is 11.6 Å². The summed E-state index contributed by atoms with van der Waals surface area (Å²) in [6, 6.07) is 13.7. The van der Waals surface area contributed by atoms with Gasteiger partial charge in [-0.1, -0.05) is 12.1 Å². The first-order chi connectivity index (χ1) is 11.6. The Bertz CT molecular complexity index is 895. The van der Waals surface area contributed by atoms with Gasteiger partial charge in [0.1, 0.15) is 0 Å². The van der Waals surface area contributed by atoms with Gasteiger partial charge in [0.25, 0.3) is 5.91 Å². The molecule has 5 heteroatoms. The highest BCUT2D eigenvalue weighted by molar-refractivity contribution is 6.07. The molecule has 0 radical (unpaired) electrons. The summed E-state index contributed by atoms with van der Waals surface area (Å²) in [6.45, 7) is 2.14. The Morgan fingerprint density at radius 1 is 1.21 bits per heavy atom. The summed E-state index contributed by atoms with van der Waals surface area (Å²) >= 11 is 0. The van der Waals surface area contributed by atoms with Crippen LogP contribution in [0.1, 0.15) is 17.3 Å². The first-order valence-corrected chi connectivity index (χ1v) is 7.66. The lowest BCUT2D eigenvalue weighted by Gasteiger charge is -2.19. The van der Waals surface area contributed by atoms with Gasteiger partial charge in [-0.25, -0.2) is 4.39 Å². The highest BCUT2D eigenvalue weighted by Gasteiger charge is 2.19. The molecule has 3 aromatic rings. The molecular weight excluding hydrogens is 307 g/mol. The molecule has 0 fully saturated rings. The van der Waals surface area contributed by atoms with E-state index in [1.165, 1.54) is 4.90 Å². The van der Waals surface area contributed by atoms with E-state index in [1.54, 1.807) is 56.6 Å². The van der Waals surface area contributed by atoms with Gasteiger partial charge in [-0.05, 0) is 43.3 Å². The van der Waals surface area contributed by atoms with Crippen molar-refractivity contribution < 1.29 is 13.9 Å². The molecule has 3 rings (SSSR count). The summed E-state index contributed by atoms with van der Waals surface area (Å²) in [4.78, 5) is 18.2. The van der Waals surface area contributed by atoms with Gasteiger partial charge in [0, 0.05) is 24.2 Å². The second-order valence-electron chi connectivity index (χ2n) is 5.30. The number of amides is 1. The van der Waals surface area contributed by atoms with Crippen molar-refractivity contribution in [1.82, 2.24) is 4.98 Å². The minimum Gasteiger partial charge on any atom is -0.491 e. The topological polar surface area (TPSA) is 42.4 Å². The van der Waals surface area contributed by atoms with E-state index in [0.29, 0.717) is 12.2 Å². The van der Waals surface area contributed by atoms with E-state index in [4.69, 9.17) is 4.74 Å². The van der Waals surface area contributed by atoms with Crippen molar-refractivity contribution in [1.29, 1.82) is 0 Å². The standard InChI is InChI=1S/C19H17FN2O2/c1-3-24-17-8-4-7-16(18(17)20)22(2)19(23)14-9-10-15-13(12-14)6-5-11-21-15/h4-12H,3H2,1-2H3. The van der Waals surface area contributed by atoms with E-state index in [0.717, 1.165) is 10.9 Å². The lowest BCUT2D eigenvalue weighted by Crippen LogP contribution is -2.27.